The van der Waals surface area contributed by atoms with Crippen LogP contribution in [0.5, 0.6) is 0 Å². The highest BCUT2D eigenvalue weighted by atomic mass is 79.9. The summed E-state index contributed by atoms with van der Waals surface area (Å²) in [6.07, 6.45) is 2.66. The zero-order valence-corrected chi connectivity index (χ0v) is 18.5. The highest BCUT2D eigenvalue weighted by Crippen LogP contribution is 2.27. The molecule has 0 saturated carbocycles. The van der Waals surface area contributed by atoms with Crippen molar-refractivity contribution in [1.82, 2.24) is 4.98 Å². The van der Waals surface area contributed by atoms with Gasteiger partial charge in [-0.1, -0.05) is 52.3 Å². The lowest BCUT2D eigenvalue weighted by atomic mass is 9.99. The number of amides is 1. The third-order valence-electron chi connectivity index (χ3n) is 4.89. The van der Waals surface area contributed by atoms with E-state index in [1.54, 1.807) is 0 Å². The summed E-state index contributed by atoms with van der Waals surface area (Å²) < 4.78 is 0.978. The van der Waals surface area contributed by atoms with E-state index < -0.39 is 0 Å². The molecule has 1 heterocycles. The third kappa shape index (κ3) is 5.58. The van der Waals surface area contributed by atoms with Crippen LogP contribution in [0.1, 0.15) is 16.1 Å². The van der Waals surface area contributed by atoms with Gasteiger partial charge in [-0.2, -0.15) is 0 Å². The average molecular weight is 472 g/mol. The van der Waals surface area contributed by atoms with E-state index in [0.717, 1.165) is 45.6 Å². The van der Waals surface area contributed by atoms with Gasteiger partial charge in [0.2, 0.25) is 0 Å². The minimum absolute atomic E-state index is 0.133. The van der Waals surface area contributed by atoms with E-state index in [-0.39, 0.29) is 5.91 Å². The topological polar surface area (TPSA) is 54.0 Å². The molecule has 0 fully saturated rings. The molecule has 0 radical (unpaired) electrons. The molecule has 154 valence electrons. The molecule has 1 amide bonds. The van der Waals surface area contributed by atoms with Crippen molar-refractivity contribution < 1.29 is 4.79 Å². The second kappa shape index (κ2) is 10.0. The largest absolute Gasteiger partial charge is 0.385 e. The zero-order chi connectivity index (χ0) is 21.5. The van der Waals surface area contributed by atoms with Crippen LogP contribution >= 0.6 is 15.9 Å². The number of hydrogen-bond donors (Lipinski definition) is 2. The van der Waals surface area contributed by atoms with Crippen molar-refractivity contribution in [2.45, 2.75) is 6.42 Å². The Bertz CT molecular complexity index is 1160. The molecule has 1 aromatic heterocycles. The van der Waals surface area contributed by atoms with Gasteiger partial charge in [-0.15, -0.1) is 0 Å². The van der Waals surface area contributed by atoms with Crippen molar-refractivity contribution in [2.75, 3.05) is 17.2 Å². The summed E-state index contributed by atoms with van der Waals surface area (Å²) in [6, 6.07) is 29.3. The first-order chi connectivity index (χ1) is 15.2. The zero-order valence-electron chi connectivity index (χ0n) is 16.9. The fourth-order valence-corrected chi connectivity index (χ4v) is 3.74. The van der Waals surface area contributed by atoms with Gasteiger partial charge in [0, 0.05) is 46.3 Å². The van der Waals surface area contributed by atoms with E-state index in [9.17, 15) is 4.79 Å². The Hall–Kier alpha value is -3.44. The second-order valence-corrected chi connectivity index (χ2v) is 8.00. The second-order valence-electron chi connectivity index (χ2n) is 7.09. The van der Waals surface area contributed by atoms with Gasteiger partial charge in [-0.25, -0.2) is 0 Å². The van der Waals surface area contributed by atoms with Crippen LogP contribution in [0.3, 0.4) is 0 Å². The molecule has 0 atom stereocenters. The molecule has 5 heteroatoms. The van der Waals surface area contributed by atoms with Crippen molar-refractivity contribution in [2.24, 2.45) is 0 Å². The van der Waals surface area contributed by atoms with Crippen LogP contribution in [0.15, 0.2) is 102 Å². The Labute approximate surface area is 190 Å². The first-order valence-electron chi connectivity index (χ1n) is 10.1. The predicted octanol–water partition coefficient (Wildman–Crippen LogP) is 6.42. The third-order valence-corrected chi connectivity index (χ3v) is 5.38. The monoisotopic (exact) mass is 471 g/mol. The molecule has 2 N–H and O–H groups in total. The highest BCUT2D eigenvalue weighted by molar-refractivity contribution is 9.10. The van der Waals surface area contributed by atoms with Crippen molar-refractivity contribution >= 4 is 33.2 Å². The van der Waals surface area contributed by atoms with Crippen LogP contribution in [0.2, 0.25) is 0 Å². The fourth-order valence-electron chi connectivity index (χ4n) is 3.34. The molecule has 31 heavy (non-hydrogen) atoms. The first-order valence-corrected chi connectivity index (χ1v) is 10.9. The smallest absolute Gasteiger partial charge is 0.256 e. The van der Waals surface area contributed by atoms with Gasteiger partial charge in [0.15, 0.2) is 0 Å². The molecule has 4 rings (SSSR count). The highest BCUT2D eigenvalue weighted by Gasteiger charge is 2.13. The maximum atomic E-state index is 13.0. The van der Waals surface area contributed by atoms with Crippen LogP contribution in [0.25, 0.3) is 11.1 Å². The van der Waals surface area contributed by atoms with E-state index in [2.05, 4.69) is 31.5 Å². The molecule has 0 aliphatic heterocycles. The van der Waals surface area contributed by atoms with Gasteiger partial charge in [0.05, 0.1) is 0 Å². The average Bonchev–Trinajstić information content (AvgIpc) is 2.81. The van der Waals surface area contributed by atoms with Gasteiger partial charge >= 0.3 is 0 Å². The van der Waals surface area contributed by atoms with Crippen molar-refractivity contribution in [3.05, 3.63) is 113 Å². The van der Waals surface area contributed by atoms with E-state index in [1.807, 2.05) is 97.2 Å². The number of halogens is 1. The molecule has 0 spiro atoms. The molecule has 0 saturated heterocycles. The van der Waals surface area contributed by atoms with E-state index in [4.69, 9.17) is 0 Å². The molecule has 0 unspecified atom stereocenters. The van der Waals surface area contributed by atoms with Gasteiger partial charge in [-0.05, 0) is 65.7 Å². The predicted molar refractivity (Wildman–Crippen MR) is 130 cm³/mol. The standard InChI is InChI=1S/C26H22BrN3O/c27-20-7-5-6-19(18-20)24-9-1-2-10-25(24)26(31)30-23-13-11-22(12-14-23)29-17-15-21-8-3-4-16-28-21/h1-14,16,18,29H,15,17H2,(H,30,31). The Balaban J connectivity index is 1.40. The fraction of sp³-hybridized carbons (Fsp3) is 0.0769. The van der Waals surface area contributed by atoms with Crippen LogP contribution in [0.4, 0.5) is 11.4 Å². The molecule has 0 bridgehead atoms. The Morgan fingerprint density at radius 1 is 0.839 bits per heavy atom. The van der Waals surface area contributed by atoms with Crippen LogP contribution in [-0.2, 0) is 6.42 Å². The number of rotatable bonds is 7. The maximum absolute atomic E-state index is 13.0. The SMILES string of the molecule is O=C(Nc1ccc(NCCc2ccccn2)cc1)c1ccccc1-c1cccc(Br)c1. The maximum Gasteiger partial charge on any atom is 0.256 e. The summed E-state index contributed by atoms with van der Waals surface area (Å²) in [6.45, 7) is 0.794. The molecular weight excluding hydrogens is 450 g/mol. The quantitative estimate of drug-likeness (QED) is 0.327. The van der Waals surface area contributed by atoms with Crippen molar-refractivity contribution in [3.8, 4) is 11.1 Å². The number of pyridine rings is 1. The Morgan fingerprint density at radius 3 is 2.39 bits per heavy atom. The lowest BCUT2D eigenvalue weighted by Gasteiger charge is -2.12. The van der Waals surface area contributed by atoms with Crippen LogP contribution in [-0.4, -0.2) is 17.4 Å². The normalized spacial score (nSPS) is 10.5. The molecular formula is C26H22BrN3O. The van der Waals surface area contributed by atoms with Crippen LogP contribution in [0, 0.1) is 0 Å². The Kier molecular flexibility index (Phi) is 6.75. The first kappa shape index (κ1) is 20.8. The lowest BCUT2D eigenvalue weighted by molar-refractivity contribution is 0.102. The van der Waals surface area contributed by atoms with E-state index in [0.29, 0.717) is 5.56 Å². The number of nitrogens with one attached hydrogen (secondary N) is 2. The number of benzene rings is 3. The lowest BCUT2D eigenvalue weighted by Crippen LogP contribution is -2.13. The van der Waals surface area contributed by atoms with Gasteiger partial charge in [0.1, 0.15) is 0 Å². The van der Waals surface area contributed by atoms with Gasteiger partial charge in [0.25, 0.3) is 5.91 Å². The molecule has 4 aromatic rings. The van der Waals surface area contributed by atoms with E-state index in [1.165, 1.54) is 0 Å². The van der Waals surface area contributed by atoms with Gasteiger partial charge in [-0.3, -0.25) is 9.78 Å². The molecule has 0 aliphatic carbocycles. The summed E-state index contributed by atoms with van der Waals surface area (Å²) in [5.41, 5.74) is 5.34. The molecule has 3 aromatic carbocycles. The minimum atomic E-state index is -0.133. The summed E-state index contributed by atoms with van der Waals surface area (Å²) in [5, 5.41) is 6.39. The number of hydrogen-bond acceptors (Lipinski definition) is 3. The number of aromatic nitrogens is 1. The minimum Gasteiger partial charge on any atom is -0.385 e. The number of nitrogens with zero attached hydrogens (tertiary/aromatic N) is 1. The Morgan fingerprint density at radius 2 is 1.61 bits per heavy atom. The molecule has 4 nitrogen and oxygen atoms in total. The number of carbonyl (C=O) groups excluding carboxylic acids is 1. The van der Waals surface area contributed by atoms with Gasteiger partial charge < -0.3 is 10.6 Å². The summed E-state index contributed by atoms with van der Waals surface area (Å²) >= 11 is 3.50. The van der Waals surface area contributed by atoms with E-state index >= 15 is 0 Å². The van der Waals surface area contributed by atoms with Crippen LogP contribution < -0.4 is 10.6 Å². The van der Waals surface area contributed by atoms with Crippen molar-refractivity contribution in [3.63, 3.8) is 0 Å². The number of carbonyl (C=O) groups is 1. The summed E-state index contributed by atoms with van der Waals surface area (Å²) in [7, 11) is 0. The number of anilines is 2. The molecule has 0 aliphatic rings. The summed E-state index contributed by atoms with van der Waals surface area (Å²) in [5.74, 6) is -0.133. The summed E-state index contributed by atoms with van der Waals surface area (Å²) in [4.78, 5) is 17.3. The van der Waals surface area contributed by atoms with Crippen molar-refractivity contribution in [1.29, 1.82) is 0 Å².